The first-order valence-electron chi connectivity index (χ1n) is 9.12. The van der Waals surface area contributed by atoms with Crippen molar-refractivity contribution >= 4 is 58.4 Å². The quantitative estimate of drug-likeness (QED) is 0.403. The number of carboxylic acid groups (broad SMARTS) is 1. The molecular weight excluding hydrogens is 518 g/mol. The van der Waals surface area contributed by atoms with Crippen molar-refractivity contribution in [3.05, 3.63) is 63.4 Å². The molecule has 10 nitrogen and oxygen atoms in total. The maximum absolute atomic E-state index is 11.2. The molecule has 0 radical (unpaired) electrons. The molecule has 0 atom stereocenters. The number of aromatic amines is 1. The number of anilines is 2. The van der Waals surface area contributed by atoms with E-state index in [1.165, 1.54) is 11.2 Å². The average molecular weight is 540 g/mol. The van der Waals surface area contributed by atoms with Crippen molar-refractivity contribution in [3.63, 3.8) is 0 Å². The topological polar surface area (TPSA) is 149 Å². The van der Waals surface area contributed by atoms with Gasteiger partial charge in [0.05, 0.1) is 16.0 Å². The van der Waals surface area contributed by atoms with E-state index < -0.39 is 12.6 Å². The largest absolute Gasteiger partial charge is 1.00 e. The summed E-state index contributed by atoms with van der Waals surface area (Å²) in [6.45, 7) is 1.35. The second kappa shape index (κ2) is 16.4. The van der Waals surface area contributed by atoms with Crippen LogP contribution in [0.15, 0.2) is 42.7 Å². The first-order valence-corrected chi connectivity index (χ1v) is 10.3. The Bertz CT molecular complexity index is 1050. The molecule has 0 unspecified atom stereocenters. The summed E-state index contributed by atoms with van der Waals surface area (Å²) in [6.07, 6.45) is 1.36. The number of hydrogen-bond donors (Lipinski definition) is 3. The Labute approximate surface area is 234 Å². The molecule has 4 N–H and O–H groups in total. The zero-order chi connectivity index (χ0) is 25.0. The van der Waals surface area contributed by atoms with Crippen LogP contribution in [0, 0.1) is 6.92 Å². The number of ether oxygens (including phenoxy) is 1. The molecule has 34 heavy (non-hydrogen) atoms. The minimum Gasteiger partial charge on any atom is -0.546 e. The number of H-pyrrole nitrogens is 1. The van der Waals surface area contributed by atoms with Gasteiger partial charge in [0.2, 0.25) is 5.95 Å². The van der Waals surface area contributed by atoms with E-state index in [2.05, 4.69) is 20.5 Å². The molecule has 1 heterocycles. The number of rotatable bonds is 4. The summed E-state index contributed by atoms with van der Waals surface area (Å²) in [4.78, 5) is 26.3. The van der Waals surface area contributed by atoms with E-state index in [9.17, 15) is 14.7 Å². The third-order valence-corrected chi connectivity index (χ3v) is 4.47. The van der Waals surface area contributed by atoms with Crippen molar-refractivity contribution in [1.82, 2.24) is 20.1 Å². The molecule has 3 rings (SSSR count). The molecule has 0 aliphatic carbocycles. The Balaban J connectivity index is 0.000000506. The van der Waals surface area contributed by atoms with E-state index in [1.54, 1.807) is 57.4 Å². The number of amides is 2. The number of aliphatic carboxylic acids is 1. The molecule has 0 fully saturated rings. The fourth-order valence-corrected chi connectivity index (χ4v) is 2.46. The Morgan fingerprint density at radius 1 is 1.15 bits per heavy atom. The van der Waals surface area contributed by atoms with Crippen LogP contribution in [0.5, 0.6) is 5.75 Å². The van der Waals surface area contributed by atoms with Crippen LogP contribution in [0.1, 0.15) is 5.56 Å². The monoisotopic (exact) mass is 538 g/mol. The van der Waals surface area contributed by atoms with E-state index in [0.29, 0.717) is 32.5 Å². The number of carboxylic acids is 1. The van der Waals surface area contributed by atoms with Gasteiger partial charge in [-0.05, 0) is 48.9 Å². The third-order valence-electron chi connectivity index (χ3n) is 3.49. The van der Waals surface area contributed by atoms with Crippen molar-refractivity contribution in [3.8, 4) is 5.75 Å². The van der Waals surface area contributed by atoms with Gasteiger partial charge in [-0.1, -0.05) is 34.8 Å². The maximum Gasteiger partial charge on any atom is 1.00 e. The minimum absolute atomic E-state index is 0. The number of aromatic nitrogens is 3. The third kappa shape index (κ3) is 12.9. The van der Waals surface area contributed by atoms with Gasteiger partial charge in [0, 0.05) is 24.8 Å². The number of halogens is 3. The number of carbonyl (C=O) groups excluding carboxylic acids is 2. The van der Waals surface area contributed by atoms with Crippen LogP contribution >= 0.6 is 34.8 Å². The second-order valence-electron chi connectivity index (χ2n) is 6.39. The summed E-state index contributed by atoms with van der Waals surface area (Å²) >= 11 is 17.2. The molecule has 0 aliphatic heterocycles. The molecule has 1 aromatic heterocycles. The zero-order valence-corrected chi connectivity index (χ0v) is 23.2. The van der Waals surface area contributed by atoms with Crippen molar-refractivity contribution in [2.24, 2.45) is 0 Å². The molecule has 3 aromatic rings. The molecular formula is C20H22Cl3N6NaO4. The van der Waals surface area contributed by atoms with Crippen LogP contribution < -0.4 is 50.5 Å². The predicted octanol–water partition coefficient (Wildman–Crippen LogP) is 0.255. The van der Waals surface area contributed by atoms with Gasteiger partial charge in [0.1, 0.15) is 18.7 Å². The van der Waals surface area contributed by atoms with E-state index in [-0.39, 0.29) is 35.6 Å². The smallest absolute Gasteiger partial charge is 0.546 e. The minimum atomic E-state index is -1.24. The van der Waals surface area contributed by atoms with Gasteiger partial charge in [-0.15, -0.1) is 0 Å². The van der Waals surface area contributed by atoms with Gasteiger partial charge in [-0.25, -0.2) is 14.9 Å². The van der Waals surface area contributed by atoms with Crippen molar-refractivity contribution < 1.29 is 49.0 Å². The SMILES string of the molecule is CN(C)C(=O)Nc1ccc(Cl)c(Cl)c1.Cc1cc(Cl)ccc1OCC(=O)[O-].Nc1ncn[nH]1.[Na+]. The number of aryl methyl sites for hydroxylation is 1. The molecule has 14 heteroatoms. The van der Waals surface area contributed by atoms with Crippen LogP contribution in [0.4, 0.5) is 16.4 Å². The number of carbonyl (C=O) groups is 2. The van der Waals surface area contributed by atoms with E-state index in [1.807, 2.05) is 0 Å². The normalized spacial score (nSPS) is 9.24. The summed E-state index contributed by atoms with van der Waals surface area (Å²) < 4.78 is 4.93. The first-order chi connectivity index (χ1) is 15.5. The van der Waals surface area contributed by atoms with Crippen molar-refractivity contribution in [2.75, 3.05) is 31.8 Å². The van der Waals surface area contributed by atoms with E-state index in [0.717, 1.165) is 5.56 Å². The van der Waals surface area contributed by atoms with Gasteiger partial charge in [-0.3, -0.25) is 0 Å². The number of nitrogens with one attached hydrogen (secondary N) is 2. The van der Waals surface area contributed by atoms with E-state index in [4.69, 9.17) is 45.3 Å². The summed E-state index contributed by atoms with van der Waals surface area (Å²) in [6, 6.07) is 9.69. The molecule has 178 valence electrons. The number of hydrogen-bond acceptors (Lipinski definition) is 7. The van der Waals surface area contributed by atoms with Crippen LogP contribution in [-0.2, 0) is 4.79 Å². The predicted molar refractivity (Wildman–Crippen MR) is 127 cm³/mol. The Hall–Kier alpha value is -2.21. The fraction of sp³-hybridized carbons (Fsp3) is 0.200. The number of nitrogen functional groups attached to an aromatic ring is 1. The Kier molecular flexibility index (Phi) is 15.4. The van der Waals surface area contributed by atoms with Gasteiger partial charge in [0.25, 0.3) is 0 Å². The van der Waals surface area contributed by atoms with Crippen LogP contribution in [0.2, 0.25) is 15.1 Å². The zero-order valence-electron chi connectivity index (χ0n) is 18.9. The van der Waals surface area contributed by atoms with Crippen molar-refractivity contribution in [1.29, 1.82) is 0 Å². The summed E-state index contributed by atoms with van der Waals surface area (Å²) in [5, 5.41) is 20.1. The summed E-state index contributed by atoms with van der Waals surface area (Å²) in [5.74, 6) is -0.377. The number of nitrogens with zero attached hydrogens (tertiary/aromatic N) is 3. The second-order valence-corrected chi connectivity index (χ2v) is 7.65. The number of urea groups is 1. The summed E-state index contributed by atoms with van der Waals surface area (Å²) in [7, 11) is 3.32. The van der Waals surface area contributed by atoms with Gasteiger partial charge in [-0.2, -0.15) is 5.10 Å². The van der Waals surface area contributed by atoms with Crippen molar-refractivity contribution in [2.45, 2.75) is 6.92 Å². The van der Waals surface area contributed by atoms with Crippen LogP contribution in [-0.4, -0.2) is 52.8 Å². The standard InChI is InChI=1S/C9H10Cl2N2O.C9H9ClO3.C2H4N4.Na/c1-13(2)9(14)12-6-3-4-7(10)8(11)5-6;1-6-4-7(10)2-3-8(6)13-5-9(11)12;3-2-4-1-5-6-2;/h3-5H,1-2H3,(H,12,14);2-4H,5H2,1H3,(H,11,12);1H,(H3,3,4,5,6);/q;;;+1/p-1. The molecule has 2 aromatic carbocycles. The van der Waals surface area contributed by atoms with Crippen LogP contribution in [0.3, 0.4) is 0 Å². The average Bonchev–Trinajstić information content (AvgIpc) is 3.22. The first kappa shape index (κ1) is 31.8. The number of benzene rings is 2. The molecule has 0 spiro atoms. The summed E-state index contributed by atoms with van der Waals surface area (Å²) in [5.41, 5.74) is 6.47. The Morgan fingerprint density at radius 3 is 2.26 bits per heavy atom. The molecule has 2 amide bonds. The molecule has 0 aliphatic rings. The van der Waals surface area contributed by atoms with Gasteiger partial charge < -0.3 is 30.6 Å². The van der Waals surface area contributed by atoms with Crippen LogP contribution in [0.25, 0.3) is 0 Å². The maximum atomic E-state index is 11.2. The fourth-order valence-electron chi connectivity index (χ4n) is 1.94. The Morgan fingerprint density at radius 2 is 1.82 bits per heavy atom. The molecule has 0 saturated heterocycles. The number of nitrogens with two attached hydrogens (primary N) is 1. The van der Waals surface area contributed by atoms with E-state index >= 15 is 0 Å². The van der Waals surface area contributed by atoms with Gasteiger partial charge >= 0.3 is 35.6 Å². The van der Waals surface area contributed by atoms with Gasteiger partial charge in [0.15, 0.2) is 0 Å². The molecule has 0 bridgehead atoms. The molecule has 0 saturated carbocycles.